The van der Waals surface area contributed by atoms with Crippen LogP contribution in [-0.4, -0.2) is 25.2 Å². The zero-order valence-corrected chi connectivity index (χ0v) is 21.2. The molecule has 0 aliphatic heterocycles. The number of hydrogen-bond acceptors (Lipinski definition) is 2. The summed E-state index contributed by atoms with van der Waals surface area (Å²) in [7, 11) is 0. The largest absolute Gasteiger partial charge is 0.416 e. The summed E-state index contributed by atoms with van der Waals surface area (Å²) in [4.78, 5) is 24.5. The molecule has 38 heavy (non-hydrogen) atoms. The average molecular weight is 585 g/mol. The fourth-order valence-corrected chi connectivity index (χ4v) is 4.50. The van der Waals surface area contributed by atoms with E-state index >= 15 is 0 Å². The zero-order valence-electron chi connectivity index (χ0n) is 19.7. The minimum Gasteiger partial charge on any atom is -0.338 e. The van der Waals surface area contributed by atoms with Crippen molar-refractivity contribution in [3.8, 4) is 0 Å². The van der Waals surface area contributed by atoms with Crippen LogP contribution in [0.3, 0.4) is 0 Å². The molecule has 0 spiro atoms. The molecule has 2 aromatic rings. The number of urea groups is 2. The number of rotatable bonds is 6. The molecule has 4 N–H and O–H groups in total. The Hall–Kier alpha value is -2.86. The van der Waals surface area contributed by atoms with Crippen LogP contribution in [-0.2, 0) is 12.4 Å². The maximum Gasteiger partial charge on any atom is 0.416 e. The lowest BCUT2D eigenvalue weighted by atomic mass is 9.81. The number of anilines is 2. The van der Waals surface area contributed by atoms with Crippen LogP contribution < -0.4 is 21.3 Å². The summed E-state index contributed by atoms with van der Waals surface area (Å²) in [6.07, 6.45) is -6.10. The molecule has 1 aliphatic rings. The van der Waals surface area contributed by atoms with Crippen molar-refractivity contribution in [2.75, 3.05) is 23.7 Å². The van der Waals surface area contributed by atoms with E-state index in [2.05, 4.69) is 21.3 Å². The van der Waals surface area contributed by atoms with Crippen LogP contribution in [0.15, 0.2) is 36.4 Å². The first kappa shape index (κ1) is 29.7. The van der Waals surface area contributed by atoms with Gasteiger partial charge >= 0.3 is 24.4 Å². The summed E-state index contributed by atoms with van der Waals surface area (Å²) in [6, 6.07) is 3.83. The molecule has 2 unspecified atom stereocenters. The summed E-state index contributed by atoms with van der Waals surface area (Å²) < 4.78 is 77.5. The number of carbonyl (C=O) groups is 2. The van der Waals surface area contributed by atoms with Crippen molar-refractivity contribution in [3.63, 3.8) is 0 Å². The summed E-state index contributed by atoms with van der Waals surface area (Å²) in [5, 5.41) is 9.84. The normalized spacial score (nSPS) is 18.0. The topological polar surface area (TPSA) is 82.3 Å². The van der Waals surface area contributed by atoms with Crippen LogP contribution in [0.4, 0.5) is 47.3 Å². The molecule has 3 rings (SSSR count). The van der Waals surface area contributed by atoms with E-state index in [1.165, 1.54) is 0 Å². The summed E-state index contributed by atoms with van der Waals surface area (Å²) in [6.45, 7) is 0.510. The Kier molecular flexibility index (Phi) is 9.64. The van der Waals surface area contributed by atoms with Gasteiger partial charge < -0.3 is 21.3 Å². The highest BCUT2D eigenvalue weighted by molar-refractivity contribution is 6.34. The quantitative estimate of drug-likeness (QED) is 0.261. The monoisotopic (exact) mass is 584 g/mol. The molecule has 14 heteroatoms. The second-order valence-corrected chi connectivity index (χ2v) is 9.77. The van der Waals surface area contributed by atoms with Gasteiger partial charge in [0.25, 0.3) is 0 Å². The molecule has 2 atom stereocenters. The number of carbonyl (C=O) groups excluding carboxylic acids is 2. The van der Waals surface area contributed by atoms with E-state index in [1.807, 2.05) is 0 Å². The SMILES string of the molecule is O=C(NCC1CCCC(CNC(=O)Nc2cc(C(F)(F)F)ccc2Cl)C1)Nc1cc(C(F)(F)F)ccc1Cl. The number of hydrogen-bond donors (Lipinski definition) is 4. The van der Waals surface area contributed by atoms with Gasteiger partial charge in [0, 0.05) is 13.1 Å². The first-order valence-electron chi connectivity index (χ1n) is 11.6. The molecule has 1 aliphatic carbocycles. The van der Waals surface area contributed by atoms with Crippen molar-refractivity contribution in [2.45, 2.75) is 38.0 Å². The number of amides is 4. The molecule has 4 amide bonds. The van der Waals surface area contributed by atoms with Gasteiger partial charge in [0.05, 0.1) is 32.5 Å². The highest BCUT2D eigenvalue weighted by atomic mass is 35.5. The Balaban J connectivity index is 1.46. The Morgan fingerprint density at radius 2 is 1.13 bits per heavy atom. The van der Waals surface area contributed by atoms with Crippen LogP contribution >= 0.6 is 23.2 Å². The van der Waals surface area contributed by atoms with Gasteiger partial charge in [-0.3, -0.25) is 0 Å². The molecule has 1 saturated carbocycles. The van der Waals surface area contributed by atoms with E-state index in [0.717, 1.165) is 55.7 Å². The maximum atomic E-state index is 12.9. The molecule has 6 nitrogen and oxygen atoms in total. The van der Waals surface area contributed by atoms with Crippen molar-refractivity contribution < 1.29 is 35.9 Å². The lowest BCUT2D eigenvalue weighted by Crippen LogP contribution is -2.38. The summed E-state index contributed by atoms with van der Waals surface area (Å²) in [5.74, 6) is 0.110. The van der Waals surface area contributed by atoms with E-state index in [1.54, 1.807) is 0 Å². The Morgan fingerprint density at radius 1 is 0.737 bits per heavy atom. The third kappa shape index (κ3) is 8.59. The maximum absolute atomic E-state index is 12.9. The molecule has 1 fully saturated rings. The smallest absolute Gasteiger partial charge is 0.338 e. The fourth-order valence-electron chi connectivity index (χ4n) is 4.17. The lowest BCUT2D eigenvalue weighted by molar-refractivity contribution is -0.138. The second kappa shape index (κ2) is 12.3. The average Bonchev–Trinajstić information content (AvgIpc) is 2.83. The highest BCUT2D eigenvalue weighted by Gasteiger charge is 2.32. The van der Waals surface area contributed by atoms with E-state index < -0.39 is 35.5 Å². The number of benzene rings is 2. The van der Waals surface area contributed by atoms with Gasteiger partial charge in [-0.2, -0.15) is 26.3 Å². The molecule has 0 aromatic heterocycles. The van der Waals surface area contributed by atoms with Crippen molar-refractivity contribution in [2.24, 2.45) is 11.8 Å². The first-order chi connectivity index (χ1) is 17.7. The van der Waals surface area contributed by atoms with Crippen molar-refractivity contribution in [3.05, 3.63) is 57.6 Å². The second-order valence-electron chi connectivity index (χ2n) is 8.95. The van der Waals surface area contributed by atoms with E-state index in [9.17, 15) is 35.9 Å². The molecular weight excluding hydrogens is 561 g/mol. The zero-order chi connectivity index (χ0) is 28.1. The van der Waals surface area contributed by atoms with Crippen LogP contribution in [0.25, 0.3) is 0 Å². The van der Waals surface area contributed by atoms with Crippen molar-refractivity contribution >= 4 is 46.6 Å². The number of halogens is 8. The lowest BCUT2D eigenvalue weighted by Gasteiger charge is -2.29. The molecule has 0 saturated heterocycles. The highest BCUT2D eigenvalue weighted by Crippen LogP contribution is 2.35. The van der Waals surface area contributed by atoms with Gasteiger partial charge in [-0.05, 0) is 67.5 Å². The number of alkyl halides is 6. The van der Waals surface area contributed by atoms with Gasteiger partial charge in [0.1, 0.15) is 0 Å². The number of nitrogens with one attached hydrogen (secondary N) is 4. The molecule has 2 aromatic carbocycles. The predicted octanol–water partition coefficient (Wildman–Crippen LogP) is 7.78. The molecule has 0 heterocycles. The minimum absolute atomic E-state index is 0.0401. The van der Waals surface area contributed by atoms with Crippen LogP contribution in [0.1, 0.15) is 36.8 Å². The van der Waals surface area contributed by atoms with E-state index in [-0.39, 0.29) is 46.3 Å². The van der Waals surface area contributed by atoms with Crippen LogP contribution in [0.5, 0.6) is 0 Å². The first-order valence-corrected chi connectivity index (χ1v) is 12.3. The predicted molar refractivity (Wildman–Crippen MR) is 132 cm³/mol. The van der Waals surface area contributed by atoms with Gasteiger partial charge in [0.15, 0.2) is 0 Å². The van der Waals surface area contributed by atoms with Gasteiger partial charge in [0.2, 0.25) is 0 Å². The Labute approximate surface area is 224 Å². The third-order valence-corrected chi connectivity index (χ3v) is 6.74. The third-order valence-electron chi connectivity index (χ3n) is 6.08. The van der Waals surface area contributed by atoms with Gasteiger partial charge in [-0.15, -0.1) is 0 Å². The Bertz CT molecular complexity index is 1070. The van der Waals surface area contributed by atoms with Crippen molar-refractivity contribution in [1.29, 1.82) is 0 Å². The van der Waals surface area contributed by atoms with E-state index in [0.29, 0.717) is 6.42 Å². The van der Waals surface area contributed by atoms with Crippen LogP contribution in [0.2, 0.25) is 10.0 Å². The summed E-state index contributed by atoms with van der Waals surface area (Å²) in [5.41, 5.74) is -2.23. The molecule has 0 radical (unpaired) electrons. The summed E-state index contributed by atoms with van der Waals surface area (Å²) >= 11 is 11.8. The molecule has 208 valence electrons. The molecular formula is C24H24Cl2F6N4O2. The fraction of sp³-hybridized carbons (Fsp3) is 0.417. The minimum atomic E-state index is -4.58. The van der Waals surface area contributed by atoms with Gasteiger partial charge in [-0.25, -0.2) is 9.59 Å². The van der Waals surface area contributed by atoms with Gasteiger partial charge in [-0.1, -0.05) is 29.6 Å². The standard InChI is InChI=1S/C24H24Cl2F6N4O2/c25-17-6-4-15(23(27,28)29)9-19(17)35-21(37)33-11-13-2-1-3-14(8-13)12-34-22(38)36-20-10-16(24(30,31)32)5-7-18(20)26/h4-7,9-10,13-14H,1-3,8,11-12H2,(H2,33,35,37)(H2,34,36,38). The Morgan fingerprint density at radius 3 is 1.50 bits per heavy atom. The van der Waals surface area contributed by atoms with Crippen molar-refractivity contribution in [1.82, 2.24) is 10.6 Å². The van der Waals surface area contributed by atoms with E-state index in [4.69, 9.17) is 23.2 Å². The van der Waals surface area contributed by atoms with Crippen LogP contribution in [0, 0.1) is 11.8 Å². The molecule has 0 bridgehead atoms.